The Morgan fingerprint density at radius 1 is 1.29 bits per heavy atom. The van der Waals surface area contributed by atoms with Crippen molar-refractivity contribution in [2.45, 2.75) is 18.6 Å². The molecule has 0 unspecified atom stereocenters. The molecule has 2 rings (SSSR count). The zero-order valence-electron chi connectivity index (χ0n) is 11.7. The number of hydrogen-bond acceptors (Lipinski definition) is 3. The standard InChI is InChI=1S/C14H18F4N2O/c1-21-10-2-3-12(15)11(8-10)13(9-14(16,17)18)20-6-4-19-5-7-20/h2-3,8,13,19H,4-7,9H2,1H3/t13-/m1/s1. The number of hydrogen-bond donors (Lipinski definition) is 1. The maximum absolute atomic E-state index is 14.0. The minimum absolute atomic E-state index is 0.0357. The van der Waals surface area contributed by atoms with Crippen LogP contribution in [-0.2, 0) is 0 Å². The van der Waals surface area contributed by atoms with Crippen LogP contribution in [0.25, 0.3) is 0 Å². The molecule has 7 heteroatoms. The second-order valence-electron chi connectivity index (χ2n) is 5.01. The molecule has 1 aliphatic rings. The molecule has 0 radical (unpaired) electrons. The Labute approximate surface area is 120 Å². The average Bonchev–Trinajstić information content (AvgIpc) is 2.45. The molecule has 1 atom stereocenters. The van der Waals surface area contributed by atoms with E-state index in [1.54, 1.807) is 4.90 Å². The number of piperazine rings is 1. The van der Waals surface area contributed by atoms with Crippen LogP contribution in [0.2, 0.25) is 0 Å². The lowest BCUT2D eigenvalue weighted by Gasteiger charge is -2.35. The van der Waals surface area contributed by atoms with Crippen LogP contribution in [0.15, 0.2) is 18.2 Å². The monoisotopic (exact) mass is 306 g/mol. The third-order valence-corrected chi connectivity index (χ3v) is 3.58. The molecular formula is C14H18F4N2O. The SMILES string of the molecule is COc1ccc(F)c([C@@H](CC(F)(F)F)N2CCNCC2)c1. The molecule has 1 aromatic rings. The highest BCUT2D eigenvalue weighted by Crippen LogP contribution is 2.36. The number of methoxy groups -OCH3 is 1. The van der Waals surface area contributed by atoms with Gasteiger partial charge in [-0.2, -0.15) is 13.2 Å². The van der Waals surface area contributed by atoms with Gasteiger partial charge in [0.1, 0.15) is 11.6 Å². The fourth-order valence-corrected chi connectivity index (χ4v) is 2.55. The Morgan fingerprint density at radius 2 is 1.95 bits per heavy atom. The molecule has 1 aliphatic heterocycles. The van der Waals surface area contributed by atoms with Gasteiger partial charge >= 0.3 is 6.18 Å². The molecule has 0 aromatic heterocycles. The molecule has 3 nitrogen and oxygen atoms in total. The van der Waals surface area contributed by atoms with Crippen molar-refractivity contribution in [1.82, 2.24) is 10.2 Å². The van der Waals surface area contributed by atoms with Crippen molar-refractivity contribution in [3.63, 3.8) is 0 Å². The van der Waals surface area contributed by atoms with Crippen LogP contribution in [0.3, 0.4) is 0 Å². The van der Waals surface area contributed by atoms with Gasteiger partial charge in [-0.15, -0.1) is 0 Å². The molecule has 1 aromatic carbocycles. The summed E-state index contributed by atoms with van der Waals surface area (Å²) in [6.45, 7) is 2.11. The second-order valence-corrected chi connectivity index (χ2v) is 5.01. The third kappa shape index (κ3) is 4.31. The van der Waals surface area contributed by atoms with E-state index in [1.807, 2.05) is 0 Å². The summed E-state index contributed by atoms with van der Waals surface area (Å²) in [5.74, 6) is -0.280. The summed E-state index contributed by atoms with van der Waals surface area (Å²) < 4.78 is 57.6. The highest BCUT2D eigenvalue weighted by Gasteiger charge is 2.37. The summed E-state index contributed by atoms with van der Waals surface area (Å²) in [6.07, 6.45) is -5.43. The molecule has 1 N–H and O–H groups in total. The lowest BCUT2D eigenvalue weighted by molar-refractivity contribution is -0.149. The van der Waals surface area contributed by atoms with Gasteiger partial charge in [0.15, 0.2) is 0 Å². The van der Waals surface area contributed by atoms with Gasteiger partial charge in [-0.3, -0.25) is 4.90 Å². The van der Waals surface area contributed by atoms with Crippen LogP contribution >= 0.6 is 0 Å². The summed E-state index contributed by atoms with van der Waals surface area (Å²) in [5.41, 5.74) is 0.0357. The molecule has 1 saturated heterocycles. The number of ether oxygens (including phenoxy) is 1. The Hall–Kier alpha value is -1.34. The van der Waals surface area contributed by atoms with Crippen molar-refractivity contribution in [3.05, 3.63) is 29.6 Å². The van der Waals surface area contributed by atoms with E-state index in [1.165, 1.54) is 19.2 Å². The lowest BCUT2D eigenvalue weighted by atomic mass is 10.00. The Balaban J connectivity index is 2.33. The van der Waals surface area contributed by atoms with Gasteiger partial charge in [0.2, 0.25) is 0 Å². The van der Waals surface area contributed by atoms with Crippen LogP contribution in [0.4, 0.5) is 17.6 Å². The number of rotatable bonds is 4. The minimum Gasteiger partial charge on any atom is -0.497 e. The molecule has 0 aliphatic carbocycles. The van der Waals surface area contributed by atoms with E-state index in [2.05, 4.69) is 5.32 Å². The van der Waals surface area contributed by atoms with Crippen molar-refractivity contribution in [2.75, 3.05) is 33.3 Å². The zero-order valence-corrected chi connectivity index (χ0v) is 11.7. The zero-order chi connectivity index (χ0) is 15.5. The molecule has 0 bridgehead atoms. The van der Waals surface area contributed by atoms with Crippen molar-refractivity contribution in [2.24, 2.45) is 0 Å². The van der Waals surface area contributed by atoms with Crippen LogP contribution in [0.5, 0.6) is 5.75 Å². The average molecular weight is 306 g/mol. The van der Waals surface area contributed by atoms with Gasteiger partial charge in [-0.25, -0.2) is 4.39 Å². The quantitative estimate of drug-likeness (QED) is 0.866. The van der Waals surface area contributed by atoms with Crippen LogP contribution < -0.4 is 10.1 Å². The van der Waals surface area contributed by atoms with Gasteiger partial charge in [-0.1, -0.05) is 0 Å². The normalized spacial score (nSPS) is 18.5. The van der Waals surface area contributed by atoms with Crippen molar-refractivity contribution < 1.29 is 22.3 Å². The number of nitrogens with one attached hydrogen (secondary N) is 1. The van der Waals surface area contributed by atoms with Gasteiger partial charge < -0.3 is 10.1 Å². The van der Waals surface area contributed by atoms with Crippen LogP contribution in [0.1, 0.15) is 18.0 Å². The molecular weight excluding hydrogens is 288 g/mol. The van der Waals surface area contributed by atoms with Gasteiger partial charge in [0.25, 0.3) is 0 Å². The van der Waals surface area contributed by atoms with E-state index in [4.69, 9.17) is 4.74 Å². The number of alkyl halides is 3. The Bertz CT molecular complexity index is 473. The summed E-state index contributed by atoms with van der Waals surface area (Å²) in [6, 6.07) is 2.89. The van der Waals surface area contributed by atoms with E-state index in [-0.39, 0.29) is 5.56 Å². The fourth-order valence-electron chi connectivity index (χ4n) is 2.55. The summed E-state index contributed by atoms with van der Waals surface area (Å²) in [4.78, 5) is 1.67. The predicted octanol–water partition coefficient (Wildman–Crippen LogP) is 2.73. The number of benzene rings is 1. The van der Waals surface area contributed by atoms with Crippen LogP contribution in [0, 0.1) is 5.82 Å². The number of nitrogens with zero attached hydrogens (tertiary/aromatic N) is 1. The van der Waals surface area contributed by atoms with E-state index >= 15 is 0 Å². The van der Waals surface area contributed by atoms with Gasteiger partial charge in [0, 0.05) is 37.8 Å². The largest absolute Gasteiger partial charge is 0.497 e. The fraction of sp³-hybridized carbons (Fsp3) is 0.571. The van der Waals surface area contributed by atoms with E-state index in [0.717, 1.165) is 6.07 Å². The first-order chi connectivity index (χ1) is 9.90. The molecule has 21 heavy (non-hydrogen) atoms. The highest BCUT2D eigenvalue weighted by atomic mass is 19.4. The molecule has 0 saturated carbocycles. The van der Waals surface area contributed by atoms with E-state index < -0.39 is 24.5 Å². The molecule has 0 spiro atoms. The molecule has 1 heterocycles. The predicted molar refractivity (Wildman–Crippen MR) is 70.8 cm³/mol. The Morgan fingerprint density at radius 3 is 2.52 bits per heavy atom. The highest BCUT2D eigenvalue weighted by molar-refractivity contribution is 5.32. The summed E-state index contributed by atoms with van der Waals surface area (Å²) in [5, 5.41) is 3.08. The maximum atomic E-state index is 14.0. The molecule has 118 valence electrons. The maximum Gasteiger partial charge on any atom is 0.390 e. The first-order valence-electron chi connectivity index (χ1n) is 6.75. The van der Waals surface area contributed by atoms with E-state index in [0.29, 0.717) is 31.9 Å². The van der Waals surface area contributed by atoms with Gasteiger partial charge in [0.05, 0.1) is 13.5 Å². The van der Waals surface area contributed by atoms with Crippen molar-refractivity contribution in [3.8, 4) is 5.75 Å². The molecule has 0 amide bonds. The first-order valence-corrected chi connectivity index (χ1v) is 6.75. The van der Waals surface area contributed by atoms with E-state index in [9.17, 15) is 17.6 Å². The number of halogens is 4. The third-order valence-electron chi connectivity index (χ3n) is 3.58. The van der Waals surface area contributed by atoms with Crippen molar-refractivity contribution in [1.29, 1.82) is 0 Å². The Kier molecular flexibility index (Phi) is 5.05. The second kappa shape index (κ2) is 6.62. The summed E-state index contributed by atoms with van der Waals surface area (Å²) in [7, 11) is 1.40. The molecule has 1 fully saturated rings. The van der Waals surface area contributed by atoms with Gasteiger partial charge in [-0.05, 0) is 18.2 Å². The van der Waals surface area contributed by atoms with Crippen molar-refractivity contribution >= 4 is 0 Å². The minimum atomic E-state index is -4.36. The lowest BCUT2D eigenvalue weighted by Crippen LogP contribution is -2.46. The first kappa shape index (κ1) is 16.0. The topological polar surface area (TPSA) is 24.5 Å². The summed E-state index contributed by atoms with van der Waals surface area (Å²) >= 11 is 0. The van der Waals surface area contributed by atoms with Crippen LogP contribution in [-0.4, -0.2) is 44.4 Å². The smallest absolute Gasteiger partial charge is 0.390 e.